The predicted octanol–water partition coefficient (Wildman–Crippen LogP) is 2.66. The van der Waals surface area contributed by atoms with Crippen LogP contribution in [-0.2, 0) is 11.2 Å². The third-order valence-corrected chi connectivity index (χ3v) is 4.76. The molecule has 0 radical (unpaired) electrons. The third kappa shape index (κ3) is 3.09. The number of rotatable bonds is 5. The Bertz CT molecular complexity index is 773. The molecule has 25 heavy (non-hydrogen) atoms. The zero-order chi connectivity index (χ0) is 17.8. The van der Waals surface area contributed by atoms with Gasteiger partial charge in [0.25, 0.3) is 0 Å². The molecule has 0 aliphatic carbocycles. The van der Waals surface area contributed by atoms with Gasteiger partial charge in [0.15, 0.2) is 17.8 Å². The third-order valence-electron chi connectivity index (χ3n) is 4.76. The fraction of sp³-hybridized carbons (Fsp3) is 0.300. The number of amides is 1. The molecule has 0 saturated heterocycles. The molecule has 0 bridgehead atoms. The Hall–Kier alpha value is -2.82. The molecule has 1 aliphatic heterocycles. The van der Waals surface area contributed by atoms with Gasteiger partial charge in [0.05, 0.1) is 19.8 Å². The lowest BCUT2D eigenvalue weighted by Gasteiger charge is -2.23. The van der Waals surface area contributed by atoms with Crippen LogP contribution in [0.3, 0.4) is 0 Å². The molecule has 1 amide bonds. The molecule has 1 atom stereocenters. The molecule has 3 rings (SSSR count). The second-order valence-electron chi connectivity index (χ2n) is 6.02. The fourth-order valence-corrected chi connectivity index (χ4v) is 3.54. The minimum absolute atomic E-state index is 0.0255. The number of ether oxygens (including phenoxy) is 2. The smallest absolute Gasteiger partial charge is 0.209 e. The van der Waals surface area contributed by atoms with Gasteiger partial charge in [-0.1, -0.05) is 30.3 Å². The van der Waals surface area contributed by atoms with E-state index in [1.165, 1.54) is 7.11 Å². The average molecular weight is 339 g/mol. The highest BCUT2D eigenvalue weighted by Gasteiger charge is 2.29. The maximum atomic E-state index is 11.8. The summed E-state index contributed by atoms with van der Waals surface area (Å²) in [6.07, 6.45) is 2.29. The second kappa shape index (κ2) is 7.38. The summed E-state index contributed by atoms with van der Waals surface area (Å²) in [4.78, 5) is 25.0. The van der Waals surface area contributed by atoms with Crippen LogP contribution < -0.4 is 9.47 Å². The zero-order valence-corrected chi connectivity index (χ0v) is 14.4. The second-order valence-corrected chi connectivity index (χ2v) is 6.02. The van der Waals surface area contributed by atoms with Crippen molar-refractivity contribution < 1.29 is 19.1 Å². The number of carbonyl (C=O) groups is 2. The van der Waals surface area contributed by atoms with Gasteiger partial charge in [-0.25, -0.2) is 0 Å². The normalized spacial score (nSPS) is 16.6. The summed E-state index contributed by atoms with van der Waals surface area (Å²) in [6.45, 7) is 1.13. The highest BCUT2D eigenvalue weighted by Crippen LogP contribution is 2.41. The van der Waals surface area contributed by atoms with E-state index in [0.717, 1.165) is 29.4 Å². The molecule has 2 aromatic rings. The van der Waals surface area contributed by atoms with Crippen LogP contribution in [0.5, 0.6) is 11.5 Å². The summed E-state index contributed by atoms with van der Waals surface area (Å²) in [7, 11) is 3.09. The first kappa shape index (κ1) is 17.0. The highest BCUT2D eigenvalue weighted by molar-refractivity contribution is 5.85. The van der Waals surface area contributed by atoms with E-state index in [2.05, 4.69) is 0 Å². The van der Waals surface area contributed by atoms with Crippen LogP contribution in [0.25, 0.3) is 0 Å². The number of benzene rings is 2. The summed E-state index contributed by atoms with van der Waals surface area (Å²) in [5.41, 5.74) is 3.54. The molecule has 1 aliphatic rings. The number of carbonyl (C=O) groups excluding carboxylic acids is 2. The zero-order valence-electron chi connectivity index (χ0n) is 14.4. The maximum Gasteiger partial charge on any atom is 0.209 e. The van der Waals surface area contributed by atoms with Crippen molar-refractivity contribution in [1.29, 1.82) is 0 Å². The topological polar surface area (TPSA) is 55.8 Å². The summed E-state index contributed by atoms with van der Waals surface area (Å²) >= 11 is 0. The molecule has 5 heteroatoms. The Morgan fingerprint density at radius 3 is 2.48 bits per heavy atom. The van der Waals surface area contributed by atoms with Gasteiger partial charge in [-0.2, -0.15) is 0 Å². The summed E-state index contributed by atoms with van der Waals surface area (Å²) in [5, 5.41) is 0. The Morgan fingerprint density at radius 1 is 1.12 bits per heavy atom. The lowest BCUT2D eigenvalue weighted by Crippen LogP contribution is -2.27. The van der Waals surface area contributed by atoms with Crippen LogP contribution in [0.1, 0.15) is 33.0 Å². The average Bonchev–Trinajstić information content (AvgIpc) is 2.86. The van der Waals surface area contributed by atoms with E-state index < -0.39 is 0 Å². The number of fused-ring (bicyclic) bond motifs is 1. The molecular weight excluding hydrogens is 318 g/mol. The number of hydrogen-bond acceptors (Lipinski definition) is 4. The molecule has 5 nitrogen and oxygen atoms in total. The van der Waals surface area contributed by atoms with E-state index in [1.807, 2.05) is 36.4 Å². The van der Waals surface area contributed by atoms with Crippen molar-refractivity contribution >= 4 is 12.7 Å². The van der Waals surface area contributed by atoms with E-state index >= 15 is 0 Å². The van der Waals surface area contributed by atoms with Crippen LogP contribution in [0.4, 0.5) is 0 Å². The van der Waals surface area contributed by atoms with E-state index in [-0.39, 0.29) is 5.92 Å². The number of methoxy groups -OCH3 is 2. The summed E-state index contributed by atoms with van der Waals surface area (Å²) in [6, 6.07) is 11.9. The molecular formula is C20H21NO4. The molecule has 0 aromatic heterocycles. The van der Waals surface area contributed by atoms with Crippen LogP contribution in [0, 0.1) is 0 Å². The quantitative estimate of drug-likeness (QED) is 0.786. The molecule has 0 spiro atoms. The Morgan fingerprint density at radius 2 is 1.88 bits per heavy atom. The molecule has 0 N–H and O–H groups in total. The predicted molar refractivity (Wildman–Crippen MR) is 94.6 cm³/mol. The van der Waals surface area contributed by atoms with Crippen molar-refractivity contribution in [2.45, 2.75) is 12.3 Å². The Kier molecular flexibility index (Phi) is 5.03. The van der Waals surface area contributed by atoms with E-state index in [0.29, 0.717) is 36.6 Å². The van der Waals surface area contributed by atoms with Crippen molar-refractivity contribution in [3.8, 4) is 11.5 Å². The van der Waals surface area contributed by atoms with Gasteiger partial charge in [-0.05, 0) is 29.2 Å². The van der Waals surface area contributed by atoms with Crippen LogP contribution in [0.2, 0.25) is 0 Å². The van der Waals surface area contributed by atoms with Crippen LogP contribution >= 0.6 is 0 Å². The van der Waals surface area contributed by atoms with Gasteiger partial charge in [-0.15, -0.1) is 0 Å². The standard InChI is InChI=1S/C20H21NO4/c1-24-19-10-16-15(18(12-22)20(19)25-2)8-9-21(13-23)11-17(16)14-6-4-3-5-7-14/h3-7,10,12-13,17H,8-9,11H2,1-2H3. The largest absolute Gasteiger partial charge is 0.493 e. The molecule has 2 aromatic carbocycles. The fourth-order valence-electron chi connectivity index (χ4n) is 3.54. The van der Waals surface area contributed by atoms with Crippen LogP contribution in [0.15, 0.2) is 36.4 Å². The van der Waals surface area contributed by atoms with E-state index in [9.17, 15) is 9.59 Å². The number of hydrogen-bond donors (Lipinski definition) is 0. The summed E-state index contributed by atoms with van der Waals surface area (Å²) in [5.74, 6) is 0.953. The molecule has 1 heterocycles. The minimum Gasteiger partial charge on any atom is -0.493 e. The lowest BCUT2D eigenvalue weighted by atomic mass is 9.85. The molecule has 130 valence electrons. The van der Waals surface area contributed by atoms with Crippen LogP contribution in [-0.4, -0.2) is 44.9 Å². The Balaban J connectivity index is 2.25. The van der Waals surface area contributed by atoms with Crippen molar-refractivity contribution in [3.05, 3.63) is 58.7 Å². The van der Waals surface area contributed by atoms with E-state index in [4.69, 9.17) is 9.47 Å². The van der Waals surface area contributed by atoms with E-state index in [1.54, 1.807) is 12.0 Å². The number of aldehydes is 1. The first-order valence-electron chi connectivity index (χ1n) is 8.20. The number of nitrogens with zero attached hydrogens (tertiary/aromatic N) is 1. The SMILES string of the molecule is COc1cc2c(c(C=O)c1OC)CCN(C=O)CC2c1ccccc1. The Labute approximate surface area is 147 Å². The first-order valence-corrected chi connectivity index (χ1v) is 8.20. The monoisotopic (exact) mass is 339 g/mol. The molecule has 1 unspecified atom stereocenters. The minimum atomic E-state index is -0.0255. The van der Waals surface area contributed by atoms with Gasteiger partial charge in [-0.3, -0.25) is 9.59 Å². The lowest BCUT2D eigenvalue weighted by molar-refractivity contribution is -0.118. The van der Waals surface area contributed by atoms with Gasteiger partial charge in [0.1, 0.15) is 0 Å². The van der Waals surface area contributed by atoms with Crippen molar-refractivity contribution in [1.82, 2.24) is 4.90 Å². The van der Waals surface area contributed by atoms with Gasteiger partial charge >= 0.3 is 0 Å². The van der Waals surface area contributed by atoms with Gasteiger partial charge < -0.3 is 14.4 Å². The first-order chi connectivity index (χ1) is 12.2. The van der Waals surface area contributed by atoms with Crippen molar-refractivity contribution in [2.75, 3.05) is 27.3 Å². The van der Waals surface area contributed by atoms with Crippen molar-refractivity contribution in [2.24, 2.45) is 0 Å². The highest BCUT2D eigenvalue weighted by atomic mass is 16.5. The molecule has 0 fully saturated rings. The van der Waals surface area contributed by atoms with Gasteiger partial charge in [0.2, 0.25) is 6.41 Å². The molecule has 0 saturated carbocycles. The summed E-state index contributed by atoms with van der Waals surface area (Å²) < 4.78 is 10.9. The van der Waals surface area contributed by atoms with Crippen molar-refractivity contribution in [3.63, 3.8) is 0 Å². The van der Waals surface area contributed by atoms with Gasteiger partial charge in [0, 0.05) is 19.0 Å². The maximum absolute atomic E-state index is 11.8.